The molecule has 2 rings (SSSR count). The molecule has 5 nitrogen and oxygen atoms in total. The van der Waals surface area contributed by atoms with Crippen LogP contribution in [0, 0.1) is 0 Å². The summed E-state index contributed by atoms with van der Waals surface area (Å²) in [7, 11) is 1.77. The molecule has 17 heavy (non-hydrogen) atoms. The van der Waals surface area contributed by atoms with Gasteiger partial charge in [0.15, 0.2) is 0 Å². The zero-order valence-corrected chi connectivity index (χ0v) is 10.4. The maximum absolute atomic E-state index is 12.0. The van der Waals surface area contributed by atoms with Crippen molar-refractivity contribution in [2.24, 2.45) is 0 Å². The number of hydrogen-bond acceptors (Lipinski definition) is 4. The molecule has 0 bridgehead atoms. The van der Waals surface area contributed by atoms with Crippen LogP contribution in [0.15, 0.2) is 18.2 Å². The molecule has 1 fully saturated rings. The molecular weight excluding hydrogens is 242 g/mol. The highest BCUT2D eigenvalue weighted by Gasteiger charge is 2.25. The van der Waals surface area contributed by atoms with Gasteiger partial charge in [-0.05, 0) is 18.6 Å². The van der Waals surface area contributed by atoms with E-state index in [-0.39, 0.29) is 24.4 Å². The minimum absolute atomic E-state index is 0. The fourth-order valence-electron chi connectivity index (χ4n) is 1.74. The standard InChI is InChI=1S/C11H15N3O2.ClH/c1-14(8-5-6-16-7-8)11(15)9-3-2-4-10(12)13-9;/h2-4,8H,5-7H2,1H3,(H2,12,13);1H. The van der Waals surface area contributed by atoms with Crippen LogP contribution in [0.3, 0.4) is 0 Å². The number of carbonyl (C=O) groups is 1. The third-order valence-corrected chi connectivity index (χ3v) is 2.76. The van der Waals surface area contributed by atoms with E-state index in [2.05, 4.69) is 4.98 Å². The number of halogens is 1. The largest absolute Gasteiger partial charge is 0.384 e. The number of anilines is 1. The van der Waals surface area contributed by atoms with Crippen LogP contribution in [-0.2, 0) is 4.74 Å². The number of carbonyl (C=O) groups excluding carboxylic acids is 1. The molecule has 1 aromatic rings. The Hall–Kier alpha value is -1.33. The zero-order valence-electron chi connectivity index (χ0n) is 9.63. The van der Waals surface area contributed by atoms with E-state index in [1.165, 1.54) is 0 Å². The van der Waals surface area contributed by atoms with Crippen molar-refractivity contribution in [3.63, 3.8) is 0 Å². The molecule has 1 aliphatic heterocycles. The normalized spacial score (nSPS) is 18.5. The SMILES string of the molecule is CN(C(=O)c1cccc(N)n1)C1CCOC1.Cl. The van der Waals surface area contributed by atoms with Crippen LogP contribution >= 0.6 is 12.4 Å². The van der Waals surface area contributed by atoms with E-state index in [0.29, 0.717) is 24.7 Å². The summed E-state index contributed by atoms with van der Waals surface area (Å²) < 4.78 is 5.25. The first-order valence-electron chi connectivity index (χ1n) is 5.26. The number of amides is 1. The Morgan fingerprint density at radius 1 is 1.59 bits per heavy atom. The van der Waals surface area contributed by atoms with Crippen molar-refractivity contribution in [3.05, 3.63) is 23.9 Å². The van der Waals surface area contributed by atoms with Crippen LogP contribution in [0.5, 0.6) is 0 Å². The molecule has 1 saturated heterocycles. The molecule has 1 unspecified atom stereocenters. The molecule has 0 spiro atoms. The summed E-state index contributed by atoms with van der Waals surface area (Å²) in [6.07, 6.45) is 0.880. The van der Waals surface area contributed by atoms with Gasteiger partial charge in [0.1, 0.15) is 11.5 Å². The molecule has 2 heterocycles. The Kier molecular flexibility index (Phi) is 4.72. The fourth-order valence-corrected chi connectivity index (χ4v) is 1.74. The van der Waals surface area contributed by atoms with Crippen molar-refractivity contribution >= 4 is 24.1 Å². The number of likely N-dealkylation sites (N-methyl/N-ethyl adjacent to an activating group) is 1. The van der Waals surface area contributed by atoms with E-state index in [1.807, 2.05) is 0 Å². The van der Waals surface area contributed by atoms with Crippen LogP contribution in [-0.4, -0.2) is 42.1 Å². The predicted octanol–water partition coefficient (Wildman–Crippen LogP) is 0.947. The van der Waals surface area contributed by atoms with E-state index in [0.717, 1.165) is 6.42 Å². The molecule has 1 amide bonds. The Bertz CT molecular complexity index is 394. The summed E-state index contributed by atoms with van der Waals surface area (Å²) in [6.45, 7) is 1.32. The summed E-state index contributed by atoms with van der Waals surface area (Å²) in [5.41, 5.74) is 5.93. The fraction of sp³-hybridized carbons (Fsp3) is 0.455. The van der Waals surface area contributed by atoms with E-state index in [1.54, 1.807) is 30.1 Å². The quantitative estimate of drug-likeness (QED) is 0.856. The molecule has 0 radical (unpaired) electrons. The monoisotopic (exact) mass is 257 g/mol. The smallest absolute Gasteiger partial charge is 0.272 e. The lowest BCUT2D eigenvalue weighted by Crippen LogP contribution is -2.37. The van der Waals surface area contributed by atoms with Crippen LogP contribution < -0.4 is 5.73 Å². The van der Waals surface area contributed by atoms with Crippen LogP contribution in [0.2, 0.25) is 0 Å². The Labute approximate surface area is 106 Å². The highest BCUT2D eigenvalue weighted by molar-refractivity contribution is 5.92. The van der Waals surface area contributed by atoms with Crippen LogP contribution in [0.1, 0.15) is 16.9 Å². The van der Waals surface area contributed by atoms with Gasteiger partial charge in [-0.3, -0.25) is 4.79 Å². The van der Waals surface area contributed by atoms with Crippen LogP contribution in [0.25, 0.3) is 0 Å². The lowest BCUT2D eigenvalue weighted by molar-refractivity contribution is 0.0705. The summed E-state index contributed by atoms with van der Waals surface area (Å²) in [6, 6.07) is 5.21. The minimum Gasteiger partial charge on any atom is -0.384 e. The number of aromatic nitrogens is 1. The van der Waals surface area contributed by atoms with Gasteiger partial charge in [-0.15, -0.1) is 12.4 Å². The topological polar surface area (TPSA) is 68.5 Å². The molecule has 2 N–H and O–H groups in total. The van der Waals surface area contributed by atoms with E-state index in [4.69, 9.17) is 10.5 Å². The number of ether oxygens (including phenoxy) is 1. The molecule has 94 valence electrons. The average molecular weight is 258 g/mol. The highest BCUT2D eigenvalue weighted by atomic mass is 35.5. The van der Waals surface area contributed by atoms with Crippen molar-refractivity contribution in [2.75, 3.05) is 26.0 Å². The lowest BCUT2D eigenvalue weighted by Gasteiger charge is -2.22. The Morgan fingerprint density at radius 2 is 2.35 bits per heavy atom. The second kappa shape index (κ2) is 5.84. The third kappa shape index (κ3) is 3.08. The molecule has 6 heteroatoms. The summed E-state index contributed by atoms with van der Waals surface area (Å²) in [5.74, 6) is 0.254. The number of pyridine rings is 1. The summed E-state index contributed by atoms with van der Waals surface area (Å²) >= 11 is 0. The molecular formula is C11H16ClN3O2. The van der Waals surface area contributed by atoms with Crippen molar-refractivity contribution < 1.29 is 9.53 Å². The first-order chi connectivity index (χ1) is 7.68. The predicted molar refractivity (Wildman–Crippen MR) is 67.2 cm³/mol. The lowest BCUT2D eigenvalue weighted by atomic mass is 10.2. The first kappa shape index (κ1) is 13.7. The van der Waals surface area contributed by atoms with Gasteiger partial charge in [0.2, 0.25) is 0 Å². The van der Waals surface area contributed by atoms with Gasteiger partial charge < -0.3 is 15.4 Å². The minimum atomic E-state index is -0.109. The highest BCUT2D eigenvalue weighted by Crippen LogP contribution is 2.13. The third-order valence-electron chi connectivity index (χ3n) is 2.76. The Balaban J connectivity index is 0.00000144. The zero-order chi connectivity index (χ0) is 11.5. The maximum atomic E-state index is 12.0. The van der Waals surface area contributed by atoms with Gasteiger partial charge in [-0.1, -0.05) is 6.07 Å². The van der Waals surface area contributed by atoms with Gasteiger partial charge >= 0.3 is 0 Å². The number of nitrogen functional groups attached to an aromatic ring is 1. The molecule has 1 aliphatic rings. The number of nitrogens with zero attached hydrogens (tertiary/aromatic N) is 2. The number of rotatable bonds is 2. The van der Waals surface area contributed by atoms with Crippen molar-refractivity contribution in [3.8, 4) is 0 Å². The Morgan fingerprint density at radius 3 is 2.94 bits per heavy atom. The number of nitrogens with two attached hydrogens (primary N) is 1. The second-order valence-electron chi connectivity index (χ2n) is 3.88. The molecule has 1 atom stereocenters. The van der Waals surface area contributed by atoms with Gasteiger partial charge in [-0.25, -0.2) is 4.98 Å². The summed E-state index contributed by atoms with van der Waals surface area (Å²) in [5, 5.41) is 0. The second-order valence-corrected chi connectivity index (χ2v) is 3.88. The first-order valence-corrected chi connectivity index (χ1v) is 5.26. The van der Waals surface area contributed by atoms with Crippen molar-refractivity contribution in [1.82, 2.24) is 9.88 Å². The maximum Gasteiger partial charge on any atom is 0.272 e. The molecule has 0 saturated carbocycles. The van der Waals surface area contributed by atoms with Gasteiger partial charge in [0, 0.05) is 13.7 Å². The van der Waals surface area contributed by atoms with Gasteiger partial charge in [0.05, 0.1) is 12.6 Å². The molecule has 1 aromatic heterocycles. The number of hydrogen-bond donors (Lipinski definition) is 1. The van der Waals surface area contributed by atoms with Crippen molar-refractivity contribution in [2.45, 2.75) is 12.5 Å². The molecule has 0 aromatic carbocycles. The van der Waals surface area contributed by atoms with Crippen LogP contribution in [0.4, 0.5) is 5.82 Å². The summed E-state index contributed by atoms with van der Waals surface area (Å²) in [4.78, 5) is 17.7. The van der Waals surface area contributed by atoms with E-state index < -0.39 is 0 Å². The van der Waals surface area contributed by atoms with Gasteiger partial charge in [-0.2, -0.15) is 0 Å². The van der Waals surface area contributed by atoms with E-state index in [9.17, 15) is 4.79 Å². The molecule has 0 aliphatic carbocycles. The van der Waals surface area contributed by atoms with Crippen molar-refractivity contribution in [1.29, 1.82) is 0 Å². The average Bonchev–Trinajstić information content (AvgIpc) is 2.80. The van der Waals surface area contributed by atoms with Gasteiger partial charge in [0.25, 0.3) is 5.91 Å². The van der Waals surface area contributed by atoms with E-state index >= 15 is 0 Å².